The number of nitro benzene ring substituents is 1. The Labute approximate surface area is 229 Å². The molecule has 5 rings (SSSR count). The van der Waals surface area contributed by atoms with E-state index < -0.39 is 22.8 Å². The molecule has 0 fully saturated rings. The van der Waals surface area contributed by atoms with Crippen molar-refractivity contribution in [1.82, 2.24) is 9.78 Å². The number of hydrogen-bond acceptors (Lipinski definition) is 7. The fourth-order valence-electron chi connectivity index (χ4n) is 4.17. The molecular weight excluding hydrogens is 510 g/mol. The molecular formula is C31H23N3O6. The number of carbonyl (C=O) groups is 2. The van der Waals surface area contributed by atoms with Crippen LogP contribution < -0.4 is 4.74 Å². The van der Waals surface area contributed by atoms with Gasteiger partial charge in [-0.3, -0.25) is 14.9 Å². The third-order valence-electron chi connectivity index (χ3n) is 6.25. The molecule has 1 heterocycles. The van der Waals surface area contributed by atoms with Gasteiger partial charge in [0.25, 0.3) is 5.69 Å². The summed E-state index contributed by atoms with van der Waals surface area (Å²) in [4.78, 5) is 37.9. The Hall–Kier alpha value is -5.57. The molecule has 0 saturated carbocycles. The van der Waals surface area contributed by atoms with Crippen LogP contribution in [0.3, 0.4) is 0 Å². The van der Waals surface area contributed by atoms with Crippen molar-refractivity contribution in [3.8, 4) is 22.7 Å². The fourth-order valence-corrected chi connectivity index (χ4v) is 4.17. The van der Waals surface area contributed by atoms with Gasteiger partial charge in [-0.05, 0) is 48.5 Å². The maximum Gasteiger partial charge on any atom is 0.343 e. The Bertz CT molecular complexity index is 1650. The molecule has 198 valence electrons. The molecule has 0 spiro atoms. The molecule has 0 aliphatic rings. The Morgan fingerprint density at radius 3 is 2.08 bits per heavy atom. The normalized spacial score (nSPS) is 11.4. The number of methoxy groups -OCH3 is 1. The highest BCUT2D eigenvalue weighted by Gasteiger charge is 2.30. The highest BCUT2D eigenvalue weighted by Crippen LogP contribution is 2.30. The second-order valence-electron chi connectivity index (χ2n) is 8.76. The molecule has 0 unspecified atom stereocenters. The number of nitro groups is 1. The average Bonchev–Trinajstić information content (AvgIpc) is 3.46. The van der Waals surface area contributed by atoms with E-state index in [1.165, 1.54) is 24.3 Å². The first-order chi connectivity index (χ1) is 19.4. The van der Waals surface area contributed by atoms with Gasteiger partial charge in [0.15, 0.2) is 6.10 Å². The topological polar surface area (TPSA) is 114 Å². The van der Waals surface area contributed by atoms with E-state index in [1.807, 2.05) is 30.3 Å². The number of aromatic nitrogens is 2. The average molecular weight is 534 g/mol. The van der Waals surface area contributed by atoms with Crippen LogP contribution in [0.5, 0.6) is 5.75 Å². The highest BCUT2D eigenvalue weighted by molar-refractivity contribution is 6.03. The summed E-state index contributed by atoms with van der Waals surface area (Å²) in [5.74, 6) is -0.605. The van der Waals surface area contributed by atoms with E-state index in [-0.39, 0.29) is 11.3 Å². The molecule has 0 bridgehead atoms. The summed E-state index contributed by atoms with van der Waals surface area (Å²) in [5, 5.41) is 15.8. The molecule has 0 radical (unpaired) electrons. The first-order valence-corrected chi connectivity index (χ1v) is 12.3. The number of para-hydroxylation sites is 1. The lowest BCUT2D eigenvalue weighted by Gasteiger charge is -2.17. The number of benzene rings is 4. The number of ketones is 1. The van der Waals surface area contributed by atoms with Crippen LogP contribution in [0.1, 0.15) is 32.4 Å². The first kappa shape index (κ1) is 26.1. The number of rotatable bonds is 9. The molecule has 1 aromatic heterocycles. The summed E-state index contributed by atoms with van der Waals surface area (Å²) in [7, 11) is 1.56. The molecule has 9 heteroatoms. The minimum atomic E-state index is -1.35. The van der Waals surface area contributed by atoms with E-state index in [1.54, 1.807) is 72.6 Å². The Morgan fingerprint density at radius 1 is 0.850 bits per heavy atom. The van der Waals surface area contributed by atoms with Crippen LogP contribution in [-0.4, -0.2) is 33.6 Å². The Balaban J connectivity index is 1.56. The lowest BCUT2D eigenvalue weighted by atomic mass is 9.99. The quantitative estimate of drug-likeness (QED) is 0.0954. The van der Waals surface area contributed by atoms with Crippen molar-refractivity contribution in [3.05, 3.63) is 142 Å². The third-order valence-corrected chi connectivity index (χ3v) is 6.25. The largest absolute Gasteiger partial charge is 0.497 e. The van der Waals surface area contributed by atoms with E-state index >= 15 is 0 Å². The molecule has 1 atom stereocenters. The van der Waals surface area contributed by atoms with Crippen molar-refractivity contribution in [2.24, 2.45) is 0 Å². The van der Waals surface area contributed by atoms with Crippen molar-refractivity contribution in [1.29, 1.82) is 0 Å². The van der Waals surface area contributed by atoms with Crippen LogP contribution in [0.15, 0.2) is 115 Å². The second kappa shape index (κ2) is 11.4. The zero-order valence-corrected chi connectivity index (χ0v) is 21.3. The predicted octanol–water partition coefficient (Wildman–Crippen LogP) is 6.24. The highest BCUT2D eigenvalue weighted by atomic mass is 16.6. The molecule has 40 heavy (non-hydrogen) atoms. The second-order valence-corrected chi connectivity index (χ2v) is 8.76. The maximum atomic E-state index is 13.7. The molecule has 4 aromatic carbocycles. The van der Waals surface area contributed by atoms with Crippen LogP contribution in [0.4, 0.5) is 5.69 Å². The van der Waals surface area contributed by atoms with E-state index in [0.29, 0.717) is 28.1 Å². The van der Waals surface area contributed by atoms with Gasteiger partial charge in [-0.1, -0.05) is 48.5 Å². The van der Waals surface area contributed by atoms with Crippen molar-refractivity contribution >= 4 is 17.4 Å². The number of hydrogen-bond donors (Lipinski definition) is 0. The zero-order chi connectivity index (χ0) is 28.1. The van der Waals surface area contributed by atoms with Gasteiger partial charge in [0.05, 0.1) is 17.7 Å². The number of nitrogens with zero attached hydrogens (tertiary/aromatic N) is 3. The molecule has 0 amide bonds. The monoisotopic (exact) mass is 533 g/mol. The summed E-state index contributed by atoms with van der Waals surface area (Å²) < 4.78 is 12.7. The third kappa shape index (κ3) is 5.48. The van der Waals surface area contributed by atoms with Gasteiger partial charge < -0.3 is 9.47 Å². The SMILES string of the molecule is COc1ccc(-c2nn(-c3ccccc3)cc2C(=O)O[C@H](C(=O)c2ccccc2)c2ccc([N+](=O)[O-])cc2)cc1. The Morgan fingerprint density at radius 2 is 1.48 bits per heavy atom. The fraction of sp³-hybridized carbons (Fsp3) is 0.0645. The lowest BCUT2D eigenvalue weighted by molar-refractivity contribution is -0.384. The maximum absolute atomic E-state index is 13.7. The number of non-ortho nitro benzene ring substituents is 1. The standard InChI is InChI=1S/C31H23N3O6/c1-39-26-18-14-21(15-19-26)28-27(20-33(32-28)24-10-6-3-7-11-24)31(36)40-30(29(35)22-8-4-2-5-9-22)23-12-16-25(17-13-23)34(37)38/h2-20,30H,1H3/t30-/m0/s1. The van der Waals surface area contributed by atoms with Crippen LogP contribution in [0, 0.1) is 10.1 Å². The summed E-state index contributed by atoms with van der Waals surface area (Å²) in [6.45, 7) is 0. The number of carbonyl (C=O) groups excluding carboxylic acids is 2. The van der Waals surface area contributed by atoms with Crippen molar-refractivity contribution in [2.45, 2.75) is 6.10 Å². The predicted molar refractivity (Wildman–Crippen MR) is 148 cm³/mol. The van der Waals surface area contributed by atoms with E-state index in [2.05, 4.69) is 5.10 Å². The van der Waals surface area contributed by atoms with Crippen LogP contribution >= 0.6 is 0 Å². The van der Waals surface area contributed by atoms with Crippen molar-refractivity contribution in [2.75, 3.05) is 7.11 Å². The van der Waals surface area contributed by atoms with E-state index in [4.69, 9.17) is 9.47 Å². The minimum Gasteiger partial charge on any atom is -0.497 e. The number of esters is 1. The lowest BCUT2D eigenvalue weighted by Crippen LogP contribution is -2.20. The van der Waals surface area contributed by atoms with Gasteiger partial charge in [-0.2, -0.15) is 5.10 Å². The van der Waals surface area contributed by atoms with Gasteiger partial charge in [0.2, 0.25) is 5.78 Å². The van der Waals surface area contributed by atoms with E-state index in [0.717, 1.165) is 5.69 Å². The summed E-state index contributed by atoms with van der Waals surface area (Å²) >= 11 is 0. The zero-order valence-electron chi connectivity index (χ0n) is 21.3. The Kier molecular flexibility index (Phi) is 7.45. The van der Waals surface area contributed by atoms with Crippen LogP contribution in [0.2, 0.25) is 0 Å². The number of ether oxygens (including phenoxy) is 2. The summed E-state index contributed by atoms with van der Waals surface area (Å²) in [6, 6.07) is 30.1. The summed E-state index contributed by atoms with van der Waals surface area (Å²) in [6.07, 6.45) is 0.205. The van der Waals surface area contributed by atoms with Gasteiger partial charge in [-0.25, -0.2) is 9.48 Å². The molecule has 0 saturated heterocycles. The smallest absolute Gasteiger partial charge is 0.343 e. The van der Waals surface area contributed by atoms with Crippen LogP contribution in [0.25, 0.3) is 16.9 Å². The minimum absolute atomic E-state index is 0.141. The molecule has 9 nitrogen and oxygen atoms in total. The van der Waals surface area contributed by atoms with E-state index in [9.17, 15) is 19.7 Å². The van der Waals surface area contributed by atoms with Gasteiger partial charge in [0, 0.05) is 35.0 Å². The van der Waals surface area contributed by atoms with Crippen LogP contribution in [-0.2, 0) is 4.74 Å². The van der Waals surface area contributed by atoms with Crippen molar-refractivity contribution in [3.63, 3.8) is 0 Å². The van der Waals surface area contributed by atoms with Gasteiger partial charge in [0.1, 0.15) is 17.0 Å². The molecule has 5 aromatic rings. The molecule has 0 aliphatic carbocycles. The molecule has 0 aliphatic heterocycles. The number of Topliss-reactive ketones (excluding diaryl/α,β-unsaturated/α-hetero) is 1. The van der Waals surface area contributed by atoms with Gasteiger partial charge in [-0.15, -0.1) is 0 Å². The van der Waals surface area contributed by atoms with Crippen molar-refractivity contribution < 1.29 is 24.0 Å². The summed E-state index contributed by atoms with van der Waals surface area (Å²) in [5.41, 5.74) is 2.34. The first-order valence-electron chi connectivity index (χ1n) is 12.3. The molecule has 0 N–H and O–H groups in total. The van der Waals surface area contributed by atoms with Gasteiger partial charge >= 0.3 is 5.97 Å².